The van der Waals surface area contributed by atoms with Crippen molar-refractivity contribution in [3.63, 3.8) is 0 Å². The van der Waals surface area contributed by atoms with Gasteiger partial charge in [-0.15, -0.1) is 0 Å². The molecule has 106 heavy (non-hydrogen) atoms. The summed E-state index contributed by atoms with van der Waals surface area (Å²) >= 11 is 0. The highest BCUT2D eigenvalue weighted by Crippen LogP contribution is 2.47. The summed E-state index contributed by atoms with van der Waals surface area (Å²) in [6.45, 7) is 23.5. The summed E-state index contributed by atoms with van der Waals surface area (Å²) in [5.74, 6) is -1.80. The van der Waals surface area contributed by atoms with Crippen molar-refractivity contribution in [2.45, 2.75) is 121 Å². The summed E-state index contributed by atoms with van der Waals surface area (Å²) in [5.41, 5.74) is 10.3. The van der Waals surface area contributed by atoms with Gasteiger partial charge < -0.3 is 68.7 Å². The fourth-order valence-electron chi connectivity index (χ4n) is 14.1. The molecule has 1 aliphatic carbocycles. The highest BCUT2D eigenvalue weighted by Gasteiger charge is 2.46. The molecule has 4 atom stereocenters. The molecule has 560 valence electrons. The number of rotatable bonds is 29. The Morgan fingerprint density at radius 2 is 1.02 bits per heavy atom. The van der Waals surface area contributed by atoms with Gasteiger partial charge in [0, 0.05) is 117 Å². The first-order chi connectivity index (χ1) is 50.8. The Bertz CT molecular complexity index is 4310. The quantitative estimate of drug-likeness (QED) is 0.0292. The average molecular weight is 1480 g/mol. The zero-order valence-electron chi connectivity index (χ0n) is 62.9. The van der Waals surface area contributed by atoms with E-state index in [1.54, 1.807) is 85.3 Å². The highest BCUT2D eigenvalue weighted by atomic mass is 28.3. The minimum Gasteiger partial charge on any atom is -0.493 e. The molecule has 0 bridgehead atoms. The number of piperazine rings is 1. The molecular formula is C81H99N9O14Si2. The Labute approximate surface area is 623 Å². The second-order valence-electron chi connectivity index (χ2n) is 30.8. The Morgan fingerprint density at radius 3 is 1.48 bits per heavy atom. The standard InChI is InChI=1S/C81H99N9O14Si2/c1-51(2)74(84-81(97)104-48-65-61-20-15-13-18-59(61)60-19-14-16-21-62(60)65)76(92)82-52(3)75(91)83-57-26-22-53(23-27-57)55-40-68-79(95)89(49-100-36-38-105(7,8)9)66-44-72(70(98-5)42-63(66)77(93)87(68)46-55)102-34-17-35-103-73-45-67-64(43-71(73)99-6)78(94)88-47-56(41-69(88)80(96)90(67)50-101-37-39-106(10,11)12)54-24-28-58(29-25-54)86-32-30-85(4)31-33-86/h13-16,18-29,42-47,51-52,65,68-69,74H,17,30-41,48-50H2,1-12H3,(H,82,92)(H,83,91)(H,84,97)/t52?,68-,69-,74?/m0/s1. The third-order valence-electron chi connectivity index (χ3n) is 20.5. The summed E-state index contributed by atoms with van der Waals surface area (Å²) in [7, 11) is 2.07. The van der Waals surface area contributed by atoms with Gasteiger partial charge in [0.2, 0.25) is 11.8 Å². The van der Waals surface area contributed by atoms with E-state index in [1.807, 2.05) is 42.6 Å². The lowest BCUT2D eigenvalue weighted by Crippen LogP contribution is -2.53. The van der Waals surface area contributed by atoms with E-state index in [4.69, 9.17) is 33.2 Å². The maximum atomic E-state index is 15.1. The van der Waals surface area contributed by atoms with Crippen LogP contribution in [0.15, 0.2) is 134 Å². The Hall–Kier alpha value is -9.80. The van der Waals surface area contributed by atoms with Crippen LogP contribution in [0.3, 0.4) is 0 Å². The summed E-state index contributed by atoms with van der Waals surface area (Å²) in [4.78, 5) is 111. The van der Waals surface area contributed by atoms with Gasteiger partial charge in [0.05, 0.1) is 49.9 Å². The smallest absolute Gasteiger partial charge is 0.407 e. The minimum absolute atomic E-state index is 0.0661. The molecular weight excluding hydrogens is 1380 g/mol. The number of alkyl carbamates (subject to hydrolysis) is 1. The number of ether oxygens (including phenoxy) is 7. The third kappa shape index (κ3) is 17.0. The molecule has 1 saturated heterocycles. The first kappa shape index (κ1) is 75.9. The van der Waals surface area contributed by atoms with Crippen LogP contribution in [0, 0.1) is 5.92 Å². The number of hydrogen-bond acceptors (Lipinski definition) is 16. The van der Waals surface area contributed by atoms with Gasteiger partial charge in [0.25, 0.3) is 23.6 Å². The molecule has 0 aromatic heterocycles. The second-order valence-corrected chi connectivity index (χ2v) is 42.1. The number of anilines is 4. The van der Waals surface area contributed by atoms with Crippen molar-refractivity contribution < 1.29 is 66.7 Å². The van der Waals surface area contributed by atoms with Crippen molar-refractivity contribution in [2.75, 3.05) is 114 Å². The molecule has 0 radical (unpaired) electrons. The molecule has 0 saturated carbocycles. The van der Waals surface area contributed by atoms with Gasteiger partial charge in [-0.2, -0.15) is 0 Å². The molecule has 6 aromatic carbocycles. The van der Waals surface area contributed by atoms with Crippen LogP contribution in [0.1, 0.15) is 88.9 Å². The highest BCUT2D eigenvalue weighted by molar-refractivity contribution is 6.76. The van der Waals surface area contributed by atoms with E-state index >= 15 is 4.79 Å². The van der Waals surface area contributed by atoms with Gasteiger partial charge in [-0.1, -0.05) is 126 Å². The molecule has 5 heterocycles. The lowest BCUT2D eigenvalue weighted by atomic mass is 9.98. The van der Waals surface area contributed by atoms with Crippen molar-refractivity contribution in [3.8, 4) is 34.1 Å². The second kappa shape index (κ2) is 32.5. The van der Waals surface area contributed by atoms with E-state index in [0.717, 1.165) is 77.3 Å². The molecule has 2 unspecified atom stereocenters. The van der Waals surface area contributed by atoms with E-state index < -0.39 is 64.1 Å². The third-order valence-corrected chi connectivity index (χ3v) is 23.9. The molecule has 7 amide bonds. The molecule has 5 aliphatic heterocycles. The van der Waals surface area contributed by atoms with Crippen LogP contribution in [0.2, 0.25) is 51.4 Å². The van der Waals surface area contributed by atoms with Crippen LogP contribution in [0.5, 0.6) is 23.0 Å². The van der Waals surface area contributed by atoms with Gasteiger partial charge in [-0.25, -0.2) is 4.79 Å². The number of methoxy groups -OCH3 is 2. The average Bonchev–Trinajstić information content (AvgIpc) is 1.61. The molecule has 1 fully saturated rings. The van der Waals surface area contributed by atoms with Gasteiger partial charge >= 0.3 is 6.09 Å². The molecule has 0 spiro atoms. The number of benzene rings is 6. The van der Waals surface area contributed by atoms with Crippen molar-refractivity contribution in [3.05, 3.63) is 167 Å². The number of amides is 7. The number of nitrogens with one attached hydrogen (secondary N) is 3. The predicted octanol–water partition coefficient (Wildman–Crippen LogP) is 12.1. The first-order valence-electron chi connectivity index (χ1n) is 36.7. The molecule has 23 nitrogen and oxygen atoms in total. The number of nitrogens with zero attached hydrogens (tertiary/aromatic N) is 6. The Morgan fingerprint density at radius 1 is 0.547 bits per heavy atom. The van der Waals surface area contributed by atoms with Crippen molar-refractivity contribution >= 4 is 91.6 Å². The summed E-state index contributed by atoms with van der Waals surface area (Å²) in [6, 6.07) is 36.0. The van der Waals surface area contributed by atoms with Crippen LogP contribution >= 0.6 is 0 Å². The van der Waals surface area contributed by atoms with Crippen LogP contribution < -0.4 is 49.6 Å². The van der Waals surface area contributed by atoms with E-state index in [0.29, 0.717) is 65.8 Å². The van der Waals surface area contributed by atoms with E-state index in [2.05, 4.69) is 108 Å². The molecule has 6 aliphatic rings. The Balaban J connectivity index is 0.695. The molecule has 3 N–H and O–H groups in total. The predicted molar refractivity (Wildman–Crippen MR) is 415 cm³/mol. The number of likely N-dealkylation sites (N-methyl/N-ethyl adjacent to an activating group) is 1. The lowest BCUT2D eigenvalue weighted by molar-refractivity contribution is -0.128. The maximum Gasteiger partial charge on any atom is 0.407 e. The van der Waals surface area contributed by atoms with Gasteiger partial charge in [-0.05, 0) is 113 Å². The minimum atomic E-state index is -1.55. The Kier molecular flexibility index (Phi) is 23.3. The number of fused-ring (bicyclic) bond motifs is 7. The zero-order valence-corrected chi connectivity index (χ0v) is 64.9. The van der Waals surface area contributed by atoms with Crippen molar-refractivity contribution in [1.82, 2.24) is 25.3 Å². The number of hydrogen-bond donors (Lipinski definition) is 3. The summed E-state index contributed by atoms with van der Waals surface area (Å²) in [6.07, 6.45) is 3.60. The largest absolute Gasteiger partial charge is 0.493 e. The lowest BCUT2D eigenvalue weighted by Gasteiger charge is -2.34. The zero-order chi connectivity index (χ0) is 75.3. The SMILES string of the molecule is COc1cc2c(cc1OCCCOc1cc3c(cc1OC)C(=O)N1C=C(c4ccc(N5CCN(C)CC5)cc4)C[C@H]1C(=O)N3COCC[Si](C)(C)C)N(COCC[Si](C)(C)C)C(=O)[C@@H]1CC(c3ccc(NC(=O)C(C)NC(=O)C(NC(=O)OCC4c5ccccc5-c5ccccc54)C(C)C)cc3)=CN1C2=O. The van der Waals surface area contributed by atoms with Crippen molar-refractivity contribution in [2.24, 2.45) is 5.92 Å². The summed E-state index contributed by atoms with van der Waals surface area (Å²) < 4.78 is 43.0. The number of carbonyl (C=O) groups is 7. The normalized spacial score (nSPS) is 17.8. The first-order valence-corrected chi connectivity index (χ1v) is 44.1. The molecule has 6 aromatic rings. The number of carbonyl (C=O) groups excluding carboxylic acids is 7. The van der Waals surface area contributed by atoms with Gasteiger partial charge in [0.1, 0.15) is 44.2 Å². The molecule has 25 heteroatoms. The van der Waals surface area contributed by atoms with Gasteiger partial charge in [-0.3, -0.25) is 38.6 Å². The molecule has 12 rings (SSSR count). The van der Waals surface area contributed by atoms with Gasteiger partial charge in [0.15, 0.2) is 23.0 Å². The van der Waals surface area contributed by atoms with Crippen LogP contribution in [-0.2, 0) is 33.4 Å². The topological polar surface area (TPSA) is 240 Å². The van der Waals surface area contributed by atoms with Crippen LogP contribution in [0.4, 0.5) is 27.5 Å². The van der Waals surface area contributed by atoms with E-state index in [1.165, 1.54) is 24.0 Å². The van der Waals surface area contributed by atoms with Crippen LogP contribution in [0.25, 0.3) is 22.3 Å². The maximum absolute atomic E-state index is 15.1. The fraction of sp³-hybridized carbons (Fsp3) is 0.420. The fourth-order valence-corrected chi connectivity index (χ4v) is 15.7. The van der Waals surface area contributed by atoms with Crippen molar-refractivity contribution in [1.29, 1.82) is 0 Å². The monoisotopic (exact) mass is 1480 g/mol. The van der Waals surface area contributed by atoms with E-state index in [9.17, 15) is 28.8 Å². The summed E-state index contributed by atoms with van der Waals surface area (Å²) in [5, 5.41) is 8.34. The van der Waals surface area contributed by atoms with E-state index in [-0.39, 0.29) is 91.9 Å². The van der Waals surface area contributed by atoms with Crippen LogP contribution in [-0.4, -0.2) is 190 Å².